The zero-order chi connectivity index (χ0) is 23.4. The second-order valence-corrected chi connectivity index (χ2v) is 8.43. The third-order valence-electron chi connectivity index (χ3n) is 6.01. The molecule has 1 fully saturated rings. The number of benzene rings is 1. The Balaban J connectivity index is 1.49. The Hall–Kier alpha value is -3.68. The van der Waals surface area contributed by atoms with Gasteiger partial charge in [-0.15, -0.1) is 0 Å². The molecular weight excluding hydrogens is 418 g/mol. The first kappa shape index (κ1) is 22.5. The molecule has 8 nitrogen and oxygen atoms in total. The molecule has 4 rings (SSSR count). The Morgan fingerprint density at radius 2 is 2.00 bits per heavy atom. The standard InChI is InChI=1S/C25H29N5O3/c1-16-12-19(7-8-22(16)28-18(3)31)33-15-24(32)30-11-5-4-6-23(30)25-21(14-27-29-25)20-9-10-26-13-17(20)2/h7-10,12-14,23H,4-6,11,15H2,1-3H3,(H,27,29)(H,28,31)/t23-/m0/s1. The minimum Gasteiger partial charge on any atom is -0.484 e. The first-order valence-corrected chi connectivity index (χ1v) is 11.2. The summed E-state index contributed by atoms with van der Waals surface area (Å²) in [7, 11) is 0. The lowest BCUT2D eigenvalue weighted by atomic mass is 9.93. The average Bonchev–Trinajstić information content (AvgIpc) is 3.28. The molecule has 0 saturated carbocycles. The van der Waals surface area contributed by atoms with Crippen LogP contribution in [0.4, 0.5) is 5.69 Å². The van der Waals surface area contributed by atoms with Gasteiger partial charge in [0.2, 0.25) is 5.91 Å². The van der Waals surface area contributed by atoms with E-state index < -0.39 is 0 Å². The molecule has 0 aliphatic carbocycles. The Kier molecular flexibility index (Phi) is 6.72. The van der Waals surface area contributed by atoms with E-state index in [2.05, 4.69) is 20.5 Å². The van der Waals surface area contributed by atoms with Crippen molar-refractivity contribution >= 4 is 17.5 Å². The lowest BCUT2D eigenvalue weighted by Gasteiger charge is -2.35. The number of amides is 2. The van der Waals surface area contributed by atoms with Gasteiger partial charge in [0.25, 0.3) is 5.91 Å². The predicted molar refractivity (Wildman–Crippen MR) is 126 cm³/mol. The van der Waals surface area contributed by atoms with Crippen molar-refractivity contribution in [2.45, 2.75) is 46.1 Å². The van der Waals surface area contributed by atoms with Gasteiger partial charge in [0.15, 0.2) is 6.61 Å². The molecule has 0 spiro atoms. The number of likely N-dealkylation sites (tertiary alicyclic amines) is 1. The quantitative estimate of drug-likeness (QED) is 0.590. The molecule has 0 radical (unpaired) electrons. The van der Waals surface area contributed by atoms with Gasteiger partial charge in [-0.3, -0.25) is 19.7 Å². The summed E-state index contributed by atoms with van der Waals surface area (Å²) in [5.41, 5.74) is 5.70. The van der Waals surface area contributed by atoms with Gasteiger partial charge in [-0.2, -0.15) is 5.10 Å². The molecule has 1 aliphatic heterocycles. The molecule has 1 saturated heterocycles. The molecule has 172 valence electrons. The minimum atomic E-state index is -0.127. The topological polar surface area (TPSA) is 100 Å². The largest absolute Gasteiger partial charge is 0.484 e. The Bertz CT molecular complexity index is 1160. The van der Waals surface area contributed by atoms with Crippen molar-refractivity contribution in [2.75, 3.05) is 18.5 Å². The number of ether oxygens (including phenoxy) is 1. The summed E-state index contributed by atoms with van der Waals surface area (Å²) < 4.78 is 5.82. The Morgan fingerprint density at radius 3 is 2.76 bits per heavy atom. The van der Waals surface area contributed by atoms with Crippen LogP contribution in [-0.2, 0) is 9.59 Å². The third kappa shape index (κ3) is 5.05. The van der Waals surface area contributed by atoms with Crippen molar-refractivity contribution in [1.82, 2.24) is 20.1 Å². The van der Waals surface area contributed by atoms with E-state index in [9.17, 15) is 9.59 Å². The van der Waals surface area contributed by atoms with E-state index in [0.29, 0.717) is 12.3 Å². The van der Waals surface area contributed by atoms with Gasteiger partial charge in [0.1, 0.15) is 5.75 Å². The van der Waals surface area contributed by atoms with Gasteiger partial charge < -0.3 is 15.0 Å². The van der Waals surface area contributed by atoms with Crippen LogP contribution < -0.4 is 10.1 Å². The van der Waals surface area contributed by atoms with Gasteiger partial charge in [0.05, 0.1) is 17.9 Å². The van der Waals surface area contributed by atoms with Crippen LogP contribution in [-0.4, -0.2) is 45.0 Å². The molecule has 1 aliphatic rings. The normalized spacial score (nSPS) is 15.8. The number of anilines is 1. The first-order valence-electron chi connectivity index (χ1n) is 11.2. The lowest BCUT2D eigenvalue weighted by Crippen LogP contribution is -2.41. The first-order chi connectivity index (χ1) is 15.9. The maximum absolute atomic E-state index is 13.2. The number of nitrogens with one attached hydrogen (secondary N) is 2. The SMILES string of the molecule is CC(=O)Nc1ccc(OCC(=O)N2CCCC[C@H]2c2[nH]ncc2-c2ccncc2C)cc1C. The van der Waals surface area contributed by atoms with Crippen LogP contribution in [0.1, 0.15) is 49.0 Å². The van der Waals surface area contributed by atoms with E-state index in [0.717, 1.165) is 52.9 Å². The molecule has 2 N–H and O–H groups in total. The average molecular weight is 448 g/mol. The number of piperidine rings is 1. The summed E-state index contributed by atoms with van der Waals surface area (Å²) in [5, 5.41) is 10.2. The fourth-order valence-electron chi connectivity index (χ4n) is 4.35. The van der Waals surface area contributed by atoms with E-state index in [4.69, 9.17) is 4.74 Å². The molecule has 2 amide bonds. The van der Waals surface area contributed by atoms with Crippen molar-refractivity contribution in [1.29, 1.82) is 0 Å². The van der Waals surface area contributed by atoms with Crippen molar-refractivity contribution in [3.05, 3.63) is 59.7 Å². The highest BCUT2D eigenvalue weighted by atomic mass is 16.5. The number of hydrogen-bond donors (Lipinski definition) is 2. The number of H-pyrrole nitrogens is 1. The lowest BCUT2D eigenvalue weighted by molar-refractivity contribution is -0.137. The molecule has 2 aromatic heterocycles. The van der Waals surface area contributed by atoms with Gasteiger partial charge in [-0.1, -0.05) is 0 Å². The number of carbonyl (C=O) groups excluding carboxylic acids is 2. The maximum Gasteiger partial charge on any atom is 0.261 e. The molecule has 3 heterocycles. The van der Waals surface area contributed by atoms with Crippen molar-refractivity contribution < 1.29 is 14.3 Å². The fraction of sp³-hybridized carbons (Fsp3) is 0.360. The fourth-order valence-corrected chi connectivity index (χ4v) is 4.35. The second-order valence-electron chi connectivity index (χ2n) is 8.43. The molecule has 0 bridgehead atoms. The number of aryl methyl sites for hydroxylation is 2. The Labute approximate surface area is 193 Å². The zero-order valence-corrected chi connectivity index (χ0v) is 19.2. The van der Waals surface area contributed by atoms with Gasteiger partial charge in [-0.25, -0.2) is 0 Å². The number of pyridine rings is 1. The third-order valence-corrected chi connectivity index (χ3v) is 6.01. The zero-order valence-electron chi connectivity index (χ0n) is 19.2. The van der Waals surface area contributed by atoms with Crippen LogP contribution in [0.5, 0.6) is 5.75 Å². The molecule has 1 atom stereocenters. The minimum absolute atomic E-state index is 0.0484. The van der Waals surface area contributed by atoms with Crippen LogP contribution in [0, 0.1) is 13.8 Å². The summed E-state index contributed by atoms with van der Waals surface area (Å²) in [4.78, 5) is 30.6. The van der Waals surface area contributed by atoms with Crippen LogP contribution in [0.2, 0.25) is 0 Å². The number of carbonyl (C=O) groups is 2. The Morgan fingerprint density at radius 1 is 1.15 bits per heavy atom. The number of rotatable bonds is 6. The summed E-state index contributed by atoms with van der Waals surface area (Å²) in [6.07, 6.45) is 8.32. The van der Waals surface area contributed by atoms with Crippen LogP contribution in [0.15, 0.2) is 42.9 Å². The van der Waals surface area contributed by atoms with E-state index in [1.165, 1.54) is 6.92 Å². The van der Waals surface area contributed by atoms with Crippen molar-refractivity contribution in [3.63, 3.8) is 0 Å². The molecule has 8 heteroatoms. The van der Waals surface area contributed by atoms with Crippen LogP contribution >= 0.6 is 0 Å². The van der Waals surface area contributed by atoms with E-state index in [-0.39, 0.29) is 24.5 Å². The number of aromatic amines is 1. The highest BCUT2D eigenvalue weighted by Gasteiger charge is 2.31. The van der Waals surface area contributed by atoms with E-state index in [1.807, 2.05) is 43.3 Å². The maximum atomic E-state index is 13.2. The summed E-state index contributed by atoms with van der Waals surface area (Å²) in [6.45, 7) is 6.02. The number of hydrogen-bond acceptors (Lipinski definition) is 5. The molecule has 0 unspecified atom stereocenters. The molecule has 1 aromatic carbocycles. The van der Waals surface area contributed by atoms with Crippen molar-refractivity contribution in [3.8, 4) is 16.9 Å². The van der Waals surface area contributed by atoms with Gasteiger partial charge in [-0.05, 0) is 74.1 Å². The molecule has 3 aromatic rings. The summed E-state index contributed by atoms with van der Waals surface area (Å²) in [5.74, 6) is 0.409. The van der Waals surface area contributed by atoms with E-state index in [1.54, 1.807) is 18.3 Å². The number of nitrogens with zero attached hydrogens (tertiary/aromatic N) is 3. The highest BCUT2D eigenvalue weighted by molar-refractivity contribution is 5.89. The molecule has 33 heavy (non-hydrogen) atoms. The van der Waals surface area contributed by atoms with Crippen molar-refractivity contribution in [2.24, 2.45) is 0 Å². The van der Waals surface area contributed by atoms with E-state index >= 15 is 0 Å². The van der Waals surface area contributed by atoms with Gasteiger partial charge >= 0.3 is 0 Å². The monoisotopic (exact) mass is 447 g/mol. The summed E-state index contributed by atoms with van der Waals surface area (Å²) >= 11 is 0. The predicted octanol–water partition coefficient (Wildman–Crippen LogP) is 4.18. The van der Waals surface area contributed by atoms with Gasteiger partial charge in [0, 0.05) is 37.1 Å². The smallest absolute Gasteiger partial charge is 0.261 e. The number of aromatic nitrogens is 3. The second kappa shape index (κ2) is 9.85. The van der Waals surface area contributed by atoms with Crippen LogP contribution in [0.3, 0.4) is 0 Å². The molecular formula is C25H29N5O3. The highest BCUT2D eigenvalue weighted by Crippen LogP contribution is 2.36. The summed E-state index contributed by atoms with van der Waals surface area (Å²) in [6, 6.07) is 7.27. The van der Waals surface area contributed by atoms with Crippen LogP contribution in [0.25, 0.3) is 11.1 Å².